The Morgan fingerprint density at radius 2 is 1.90 bits per heavy atom. The van der Waals surface area contributed by atoms with Gasteiger partial charge in [0.25, 0.3) is 5.91 Å². The second kappa shape index (κ2) is 7.62. The summed E-state index contributed by atoms with van der Waals surface area (Å²) in [6.07, 6.45) is 0.929. The highest BCUT2D eigenvalue weighted by Crippen LogP contribution is 2.38. The number of aryl methyl sites for hydroxylation is 1. The number of para-hydroxylation sites is 1. The number of fused-ring (bicyclic) bond motifs is 1. The molecule has 0 saturated heterocycles. The summed E-state index contributed by atoms with van der Waals surface area (Å²) < 4.78 is 0. The van der Waals surface area contributed by atoms with Gasteiger partial charge >= 0.3 is 0 Å². The predicted molar refractivity (Wildman–Crippen MR) is 112 cm³/mol. The summed E-state index contributed by atoms with van der Waals surface area (Å²) in [5.74, 6) is 1.01. The average Bonchev–Trinajstić information content (AvgIpc) is 3.44. The fourth-order valence-corrected chi connectivity index (χ4v) is 3.52. The molecule has 0 radical (unpaired) electrons. The van der Waals surface area contributed by atoms with Gasteiger partial charge < -0.3 is 10.2 Å². The smallest absolute Gasteiger partial charge is 0.254 e. The van der Waals surface area contributed by atoms with Crippen LogP contribution in [0.3, 0.4) is 0 Å². The Labute approximate surface area is 170 Å². The maximum atomic E-state index is 12.9. The SMILES string of the molecule is Cc1nc(CN(C)C(=O)c2cccc(NC(=O)C3CC3C)c2)nc2ccccc12. The van der Waals surface area contributed by atoms with E-state index in [0.717, 1.165) is 23.0 Å². The van der Waals surface area contributed by atoms with Crippen molar-refractivity contribution < 1.29 is 9.59 Å². The maximum Gasteiger partial charge on any atom is 0.254 e. The number of carbonyl (C=O) groups excluding carboxylic acids is 2. The minimum atomic E-state index is -0.143. The zero-order chi connectivity index (χ0) is 20.5. The molecule has 6 nitrogen and oxygen atoms in total. The molecule has 2 unspecified atom stereocenters. The second-order valence-electron chi connectivity index (χ2n) is 7.79. The van der Waals surface area contributed by atoms with Gasteiger partial charge in [0.05, 0.1) is 12.1 Å². The molecule has 1 N–H and O–H groups in total. The van der Waals surface area contributed by atoms with E-state index in [1.165, 1.54) is 0 Å². The highest BCUT2D eigenvalue weighted by Gasteiger charge is 2.39. The monoisotopic (exact) mass is 388 g/mol. The van der Waals surface area contributed by atoms with Gasteiger partial charge in [-0.25, -0.2) is 9.97 Å². The van der Waals surface area contributed by atoms with E-state index < -0.39 is 0 Å². The quantitative estimate of drug-likeness (QED) is 0.721. The summed E-state index contributed by atoms with van der Waals surface area (Å²) >= 11 is 0. The van der Waals surface area contributed by atoms with Crippen LogP contribution in [0.2, 0.25) is 0 Å². The number of amides is 2. The maximum absolute atomic E-state index is 12.9. The highest BCUT2D eigenvalue weighted by molar-refractivity contribution is 5.98. The van der Waals surface area contributed by atoms with Crippen molar-refractivity contribution in [3.63, 3.8) is 0 Å². The van der Waals surface area contributed by atoms with Gasteiger partial charge in [0.15, 0.2) is 0 Å². The number of nitrogens with one attached hydrogen (secondary N) is 1. The van der Waals surface area contributed by atoms with Crippen LogP contribution in [-0.2, 0) is 11.3 Å². The van der Waals surface area contributed by atoms with Gasteiger partial charge in [0.1, 0.15) is 5.82 Å². The van der Waals surface area contributed by atoms with Crippen molar-refractivity contribution in [2.24, 2.45) is 11.8 Å². The molecule has 4 rings (SSSR count). The van der Waals surface area contributed by atoms with Crippen LogP contribution in [-0.4, -0.2) is 33.7 Å². The lowest BCUT2D eigenvalue weighted by atomic mass is 10.1. The third-order valence-corrected chi connectivity index (χ3v) is 5.39. The third-order valence-electron chi connectivity index (χ3n) is 5.39. The first kappa shape index (κ1) is 19.1. The first-order valence-corrected chi connectivity index (χ1v) is 9.81. The average molecular weight is 388 g/mol. The molecule has 0 spiro atoms. The molecule has 1 heterocycles. The van der Waals surface area contributed by atoms with Gasteiger partial charge in [-0.15, -0.1) is 0 Å². The van der Waals surface area contributed by atoms with E-state index in [2.05, 4.69) is 22.2 Å². The molecule has 2 atom stereocenters. The van der Waals surface area contributed by atoms with Crippen molar-refractivity contribution in [3.05, 3.63) is 65.6 Å². The zero-order valence-corrected chi connectivity index (χ0v) is 16.8. The molecule has 1 fully saturated rings. The van der Waals surface area contributed by atoms with Crippen molar-refractivity contribution in [2.75, 3.05) is 12.4 Å². The topological polar surface area (TPSA) is 75.2 Å². The number of anilines is 1. The first-order valence-electron chi connectivity index (χ1n) is 9.81. The van der Waals surface area contributed by atoms with E-state index in [9.17, 15) is 9.59 Å². The van der Waals surface area contributed by atoms with Gasteiger partial charge in [-0.1, -0.05) is 31.2 Å². The predicted octanol–water partition coefficient (Wildman–Crippen LogP) is 3.80. The van der Waals surface area contributed by atoms with Crippen LogP contribution in [0.15, 0.2) is 48.5 Å². The summed E-state index contributed by atoms with van der Waals surface area (Å²) in [4.78, 5) is 35.8. The van der Waals surface area contributed by atoms with E-state index in [1.54, 1.807) is 36.2 Å². The normalized spacial score (nSPS) is 17.8. The minimum absolute atomic E-state index is 0.0236. The fraction of sp³-hybridized carbons (Fsp3) is 0.304. The summed E-state index contributed by atoms with van der Waals surface area (Å²) in [6, 6.07) is 14.9. The van der Waals surface area contributed by atoms with Gasteiger partial charge in [-0.2, -0.15) is 0 Å². The molecule has 148 valence electrons. The molecule has 3 aromatic rings. The molecular formula is C23H24N4O2. The Hall–Kier alpha value is -3.28. The fourth-order valence-electron chi connectivity index (χ4n) is 3.52. The lowest BCUT2D eigenvalue weighted by molar-refractivity contribution is -0.117. The second-order valence-corrected chi connectivity index (χ2v) is 7.79. The van der Waals surface area contributed by atoms with Crippen LogP contribution in [0.4, 0.5) is 5.69 Å². The Bertz CT molecular complexity index is 1100. The molecule has 0 aliphatic heterocycles. The molecule has 29 heavy (non-hydrogen) atoms. The highest BCUT2D eigenvalue weighted by atomic mass is 16.2. The number of rotatable bonds is 5. The Kier molecular flexibility index (Phi) is 5.01. The third kappa shape index (κ3) is 4.11. The Morgan fingerprint density at radius 1 is 1.14 bits per heavy atom. The lowest BCUT2D eigenvalue weighted by Crippen LogP contribution is -2.27. The molecule has 2 aromatic carbocycles. The molecule has 2 amide bonds. The Balaban J connectivity index is 1.48. The summed E-state index contributed by atoms with van der Waals surface area (Å²) in [5.41, 5.74) is 2.93. The number of carbonyl (C=O) groups is 2. The van der Waals surface area contributed by atoms with E-state index in [1.807, 2.05) is 31.2 Å². The van der Waals surface area contributed by atoms with E-state index in [0.29, 0.717) is 29.5 Å². The molecule has 1 saturated carbocycles. The first-order chi connectivity index (χ1) is 13.9. The number of hydrogen-bond acceptors (Lipinski definition) is 4. The van der Waals surface area contributed by atoms with E-state index >= 15 is 0 Å². The van der Waals surface area contributed by atoms with Crippen LogP contribution >= 0.6 is 0 Å². The van der Waals surface area contributed by atoms with Crippen molar-refractivity contribution in [2.45, 2.75) is 26.8 Å². The van der Waals surface area contributed by atoms with Crippen LogP contribution in [0.25, 0.3) is 10.9 Å². The molecule has 1 aliphatic carbocycles. The van der Waals surface area contributed by atoms with Crippen LogP contribution in [0.1, 0.15) is 35.2 Å². The summed E-state index contributed by atoms with van der Waals surface area (Å²) in [6.45, 7) is 4.32. The zero-order valence-electron chi connectivity index (χ0n) is 16.8. The molecule has 6 heteroatoms. The van der Waals surface area contributed by atoms with Crippen molar-refractivity contribution in [1.82, 2.24) is 14.9 Å². The van der Waals surface area contributed by atoms with Gasteiger partial charge in [0.2, 0.25) is 5.91 Å². The van der Waals surface area contributed by atoms with Crippen LogP contribution in [0.5, 0.6) is 0 Å². The van der Waals surface area contributed by atoms with Crippen LogP contribution < -0.4 is 5.32 Å². The number of aromatic nitrogens is 2. The molecular weight excluding hydrogens is 364 g/mol. The van der Waals surface area contributed by atoms with Crippen LogP contribution in [0, 0.1) is 18.8 Å². The van der Waals surface area contributed by atoms with Crippen molar-refractivity contribution >= 4 is 28.4 Å². The van der Waals surface area contributed by atoms with Crippen molar-refractivity contribution in [1.29, 1.82) is 0 Å². The Morgan fingerprint density at radius 3 is 2.66 bits per heavy atom. The summed E-state index contributed by atoms with van der Waals surface area (Å²) in [7, 11) is 1.73. The van der Waals surface area contributed by atoms with Gasteiger partial charge in [-0.05, 0) is 43.5 Å². The van der Waals surface area contributed by atoms with Crippen molar-refractivity contribution in [3.8, 4) is 0 Å². The molecule has 0 bridgehead atoms. The largest absolute Gasteiger partial charge is 0.334 e. The molecule has 1 aromatic heterocycles. The number of nitrogens with zero attached hydrogens (tertiary/aromatic N) is 3. The minimum Gasteiger partial charge on any atom is -0.334 e. The van der Waals surface area contributed by atoms with Gasteiger partial charge in [0, 0.05) is 35.3 Å². The molecule has 1 aliphatic rings. The number of benzene rings is 2. The summed E-state index contributed by atoms with van der Waals surface area (Å²) in [5, 5.41) is 3.92. The van der Waals surface area contributed by atoms with Gasteiger partial charge in [-0.3, -0.25) is 9.59 Å². The lowest BCUT2D eigenvalue weighted by Gasteiger charge is -2.17. The number of hydrogen-bond donors (Lipinski definition) is 1. The van der Waals surface area contributed by atoms with E-state index in [4.69, 9.17) is 0 Å². The standard InChI is InChI=1S/C23H24N4O2/c1-14-11-19(14)22(28)25-17-8-6-7-16(12-17)23(29)27(3)13-21-24-15(2)18-9-4-5-10-20(18)26-21/h4-10,12,14,19H,11,13H2,1-3H3,(H,25,28). The van der Waals surface area contributed by atoms with E-state index in [-0.39, 0.29) is 17.7 Å².